The lowest BCUT2D eigenvalue weighted by atomic mass is 9.51. The van der Waals surface area contributed by atoms with Crippen molar-refractivity contribution in [3.8, 4) is 11.5 Å². The highest BCUT2D eigenvalue weighted by Crippen LogP contribution is 2.64. The summed E-state index contributed by atoms with van der Waals surface area (Å²) in [7, 11) is 1.41. The van der Waals surface area contributed by atoms with Crippen molar-refractivity contribution in [1.29, 1.82) is 0 Å². The van der Waals surface area contributed by atoms with Gasteiger partial charge in [-0.2, -0.15) is 0 Å². The minimum Gasteiger partial charge on any atom is -0.503 e. The molecule has 6 atom stereocenters. The number of hydrogen-bond donors (Lipinski definition) is 1. The second-order valence-corrected chi connectivity index (χ2v) is 14.3. The molecule has 2 aliphatic carbocycles. The fourth-order valence-electron chi connectivity index (χ4n) is 7.84. The standard InChI is InChI=1S/C32H31BrClFN2O6/c1-31(2,3)37-27(39)17-8-7-16-18(24(17)29(37)41)13-19-28(40)36(15-6-9-22(35)21(34)12-15)30(42)32(19,4)25(16)14-10-20(33)26(38)23(11-14)43-5/h6-7,9-12,17-19,24-25,38H,8,13H2,1-5H3. The number of aromatic hydroxyl groups is 1. The highest BCUT2D eigenvalue weighted by Gasteiger charge is 2.68. The Morgan fingerprint density at radius 3 is 2.40 bits per heavy atom. The number of phenols is 1. The van der Waals surface area contributed by atoms with Crippen molar-refractivity contribution in [3.63, 3.8) is 0 Å². The molecule has 1 N–H and O–H groups in total. The molecule has 2 aromatic rings. The number of ether oxygens (including phenoxy) is 1. The van der Waals surface area contributed by atoms with Gasteiger partial charge >= 0.3 is 0 Å². The second-order valence-electron chi connectivity index (χ2n) is 13.0. The smallest absolute Gasteiger partial charge is 0.241 e. The zero-order valence-electron chi connectivity index (χ0n) is 24.3. The van der Waals surface area contributed by atoms with Crippen molar-refractivity contribution >= 4 is 56.8 Å². The van der Waals surface area contributed by atoms with Crippen LogP contribution in [0.1, 0.15) is 52.0 Å². The Morgan fingerprint density at radius 1 is 1.07 bits per heavy atom. The largest absolute Gasteiger partial charge is 0.503 e. The molecule has 4 aliphatic rings. The highest BCUT2D eigenvalue weighted by molar-refractivity contribution is 9.10. The van der Waals surface area contributed by atoms with Gasteiger partial charge in [0, 0.05) is 11.5 Å². The molecule has 11 heteroatoms. The Balaban J connectivity index is 1.55. The number of imide groups is 2. The summed E-state index contributed by atoms with van der Waals surface area (Å²) in [5, 5.41) is 10.4. The predicted octanol–water partition coefficient (Wildman–Crippen LogP) is 5.99. The quantitative estimate of drug-likeness (QED) is 0.318. The number of anilines is 1. The van der Waals surface area contributed by atoms with Crippen LogP contribution in [0.5, 0.6) is 11.5 Å². The summed E-state index contributed by atoms with van der Waals surface area (Å²) in [4.78, 5) is 58.6. The molecule has 2 heterocycles. The number of phenolic OH excluding ortho intramolecular Hbond substituents is 1. The van der Waals surface area contributed by atoms with E-state index in [1.165, 1.54) is 24.1 Å². The van der Waals surface area contributed by atoms with Gasteiger partial charge in [-0.1, -0.05) is 23.3 Å². The lowest BCUT2D eigenvalue weighted by Crippen LogP contribution is -2.49. The van der Waals surface area contributed by atoms with Crippen LogP contribution in [0.2, 0.25) is 5.02 Å². The Kier molecular flexibility index (Phi) is 6.86. The first-order valence-electron chi connectivity index (χ1n) is 14.1. The molecule has 43 heavy (non-hydrogen) atoms. The van der Waals surface area contributed by atoms with Gasteiger partial charge in [0.25, 0.3) is 0 Å². The van der Waals surface area contributed by atoms with Crippen LogP contribution < -0.4 is 9.64 Å². The fourth-order valence-corrected chi connectivity index (χ4v) is 8.48. The maximum Gasteiger partial charge on any atom is 0.241 e. The third-order valence-electron chi connectivity index (χ3n) is 9.71. The Hall–Kier alpha value is -3.24. The number of rotatable bonds is 3. The van der Waals surface area contributed by atoms with Crippen LogP contribution in [0.4, 0.5) is 10.1 Å². The maximum absolute atomic E-state index is 14.5. The molecular weight excluding hydrogens is 643 g/mol. The molecule has 0 bridgehead atoms. The number of carbonyl (C=O) groups excluding carboxylic acids is 4. The summed E-state index contributed by atoms with van der Waals surface area (Å²) in [6.45, 7) is 7.20. The molecule has 6 rings (SSSR count). The van der Waals surface area contributed by atoms with E-state index in [0.717, 1.165) is 16.5 Å². The van der Waals surface area contributed by atoms with E-state index in [-0.39, 0.29) is 40.4 Å². The van der Waals surface area contributed by atoms with Gasteiger partial charge in [-0.15, -0.1) is 0 Å². The van der Waals surface area contributed by atoms with E-state index < -0.39 is 58.2 Å². The van der Waals surface area contributed by atoms with Crippen molar-refractivity contribution in [2.24, 2.45) is 29.1 Å². The first-order chi connectivity index (χ1) is 20.1. The van der Waals surface area contributed by atoms with E-state index in [9.17, 15) is 28.7 Å². The van der Waals surface area contributed by atoms with Crippen molar-refractivity contribution in [1.82, 2.24) is 4.90 Å². The molecule has 0 aromatic heterocycles. The van der Waals surface area contributed by atoms with Gasteiger partial charge in [-0.05, 0) is 98.3 Å². The average molecular weight is 674 g/mol. The Bertz CT molecular complexity index is 1650. The number of allylic oxidation sites excluding steroid dienone is 2. The second kappa shape index (κ2) is 9.89. The van der Waals surface area contributed by atoms with Gasteiger partial charge in [0.15, 0.2) is 11.5 Å². The van der Waals surface area contributed by atoms with Crippen LogP contribution in [0.3, 0.4) is 0 Å². The van der Waals surface area contributed by atoms with Crippen molar-refractivity contribution < 1.29 is 33.4 Å². The first-order valence-corrected chi connectivity index (χ1v) is 15.3. The third-order valence-corrected chi connectivity index (χ3v) is 10.6. The van der Waals surface area contributed by atoms with Gasteiger partial charge in [-0.25, -0.2) is 9.29 Å². The van der Waals surface area contributed by atoms with E-state index >= 15 is 0 Å². The highest BCUT2D eigenvalue weighted by atomic mass is 79.9. The summed E-state index contributed by atoms with van der Waals surface area (Å²) in [5.74, 6) is -5.38. The van der Waals surface area contributed by atoms with Gasteiger partial charge < -0.3 is 9.84 Å². The molecule has 2 saturated heterocycles. The molecule has 4 amide bonds. The van der Waals surface area contributed by atoms with Crippen LogP contribution in [-0.4, -0.2) is 46.3 Å². The molecule has 6 unspecified atom stereocenters. The summed E-state index contributed by atoms with van der Waals surface area (Å²) < 4.78 is 19.8. The Labute approximate surface area is 261 Å². The Morgan fingerprint density at radius 2 is 1.77 bits per heavy atom. The number of likely N-dealkylation sites (tertiary alicyclic amines) is 1. The number of benzene rings is 2. The van der Waals surface area contributed by atoms with Crippen molar-refractivity contribution in [2.75, 3.05) is 12.0 Å². The molecular formula is C32H31BrClFN2O6. The van der Waals surface area contributed by atoms with Gasteiger partial charge in [0.05, 0.1) is 45.5 Å². The molecule has 1 saturated carbocycles. The normalized spacial score (nSPS) is 30.3. The molecule has 2 aliphatic heterocycles. The first kappa shape index (κ1) is 29.8. The van der Waals surface area contributed by atoms with Crippen LogP contribution in [0.15, 0.2) is 46.5 Å². The lowest BCUT2D eigenvalue weighted by Gasteiger charge is -2.49. The van der Waals surface area contributed by atoms with Crippen molar-refractivity contribution in [2.45, 2.75) is 52.0 Å². The summed E-state index contributed by atoms with van der Waals surface area (Å²) in [6, 6.07) is 7.04. The van der Waals surface area contributed by atoms with Crippen LogP contribution in [-0.2, 0) is 19.2 Å². The third kappa shape index (κ3) is 4.12. The van der Waals surface area contributed by atoms with E-state index in [2.05, 4.69) is 15.9 Å². The summed E-state index contributed by atoms with van der Waals surface area (Å²) >= 11 is 9.45. The number of hydrogen-bond acceptors (Lipinski definition) is 6. The zero-order valence-corrected chi connectivity index (χ0v) is 26.6. The molecule has 0 radical (unpaired) electrons. The monoisotopic (exact) mass is 672 g/mol. The predicted molar refractivity (Wildman–Crippen MR) is 160 cm³/mol. The van der Waals surface area contributed by atoms with Gasteiger partial charge in [-0.3, -0.25) is 24.1 Å². The van der Waals surface area contributed by atoms with Crippen LogP contribution >= 0.6 is 27.5 Å². The van der Waals surface area contributed by atoms with E-state index in [0.29, 0.717) is 16.5 Å². The molecule has 8 nitrogen and oxygen atoms in total. The molecule has 3 fully saturated rings. The number of methoxy groups -OCH3 is 1. The minimum atomic E-state index is -1.32. The van der Waals surface area contributed by atoms with E-state index in [1.807, 2.05) is 26.8 Å². The fraction of sp³-hybridized carbons (Fsp3) is 0.438. The number of nitrogens with zero attached hydrogens (tertiary/aromatic N) is 2. The van der Waals surface area contributed by atoms with Crippen LogP contribution in [0.25, 0.3) is 0 Å². The number of carbonyl (C=O) groups is 4. The number of amides is 4. The molecule has 226 valence electrons. The molecule has 0 spiro atoms. The topological polar surface area (TPSA) is 104 Å². The number of halogens is 3. The lowest BCUT2D eigenvalue weighted by molar-refractivity contribution is -0.145. The zero-order chi connectivity index (χ0) is 31.3. The summed E-state index contributed by atoms with van der Waals surface area (Å²) in [5.41, 5.74) is -0.476. The van der Waals surface area contributed by atoms with E-state index in [4.69, 9.17) is 16.3 Å². The minimum absolute atomic E-state index is 0.119. The number of fused-ring (bicyclic) bond motifs is 4. The molecule has 2 aromatic carbocycles. The van der Waals surface area contributed by atoms with Crippen molar-refractivity contribution in [3.05, 3.63) is 62.9 Å². The van der Waals surface area contributed by atoms with Gasteiger partial charge in [0.1, 0.15) is 5.82 Å². The SMILES string of the molecule is COc1cc(C2C3=CCC4C(=O)N(C(C)(C)C)C(=O)C4C3CC3C(=O)N(c4ccc(F)c(Cl)c4)C(=O)C32C)cc(Br)c1O. The maximum atomic E-state index is 14.5. The van der Waals surface area contributed by atoms with Gasteiger partial charge in [0.2, 0.25) is 23.6 Å². The summed E-state index contributed by atoms with van der Waals surface area (Å²) in [6.07, 6.45) is 2.46. The van der Waals surface area contributed by atoms with Crippen LogP contribution in [0, 0.1) is 34.9 Å². The van der Waals surface area contributed by atoms with E-state index in [1.54, 1.807) is 19.1 Å². The average Bonchev–Trinajstić information content (AvgIpc) is 3.31.